The molecule has 0 saturated heterocycles. The first-order valence-electron chi connectivity index (χ1n) is 8.13. The Morgan fingerprint density at radius 3 is 2.74 bits per heavy atom. The Kier molecular flexibility index (Phi) is 4.24. The van der Waals surface area contributed by atoms with E-state index < -0.39 is 4.92 Å². The third-order valence-electron chi connectivity index (χ3n) is 5.43. The summed E-state index contributed by atoms with van der Waals surface area (Å²) in [5.41, 5.74) is 0.111. The van der Waals surface area contributed by atoms with Crippen LogP contribution in [0.25, 0.3) is 0 Å². The van der Waals surface area contributed by atoms with Crippen molar-refractivity contribution in [3.63, 3.8) is 0 Å². The fourth-order valence-corrected chi connectivity index (χ4v) is 4.28. The lowest BCUT2D eigenvalue weighted by Crippen LogP contribution is -2.40. The summed E-state index contributed by atoms with van der Waals surface area (Å²) in [7, 11) is 1.37. The Labute approximate surface area is 135 Å². The van der Waals surface area contributed by atoms with Crippen molar-refractivity contribution in [2.75, 3.05) is 7.11 Å². The van der Waals surface area contributed by atoms with Crippen LogP contribution in [0.5, 0.6) is 5.75 Å². The van der Waals surface area contributed by atoms with Crippen LogP contribution in [-0.2, 0) is 0 Å². The maximum absolute atomic E-state index is 12.4. The second kappa shape index (κ2) is 6.18. The number of methoxy groups -OCH3 is 1. The number of ether oxygens (including phenoxy) is 1. The van der Waals surface area contributed by atoms with Crippen LogP contribution in [0, 0.1) is 27.9 Å². The Morgan fingerprint density at radius 1 is 1.39 bits per heavy atom. The summed E-state index contributed by atoms with van der Waals surface area (Å²) in [5.74, 6) is 1.98. The summed E-state index contributed by atoms with van der Waals surface area (Å²) in [6.07, 6.45) is 5.07. The van der Waals surface area contributed by atoms with E-state index in [4.69, 9.17) is 4.74 Å². The molecule has 0 aliphatic heterocycles. The summed E-state index contributed by atoms with van der Waals surface area (Å²) in [4.78, 5) is 23.0. The molecular weight excluding hydrogens is 296 g/mol. The zero-order chi connectivity index (χ0) is 16.6. The number of carbonyl (C=O) groups is 1. The zero-order valence-electron chi connectivity index (χ0n) is 13.5. The molecule has 2 saturated carbocycles. The predicted octanol–water partition coefficient (Wildman–Crippen LogP) is 3.16. The zero-order valence-corrected chi connectivity index (χ0v) is 13.5. The van der Waals surface area contributed by atoms with E-state index >= 15 is 0 Å². The van der Waals surface area contributed by atoms with Gasteiger partial charge in [-0.1, -0.05) is 6.42 Å². The quantitative estimate of drug-likeness (QED) is 0.668. The van der Waals surface area contributed by atoms with E-state index in [1.165, 1.54) is 44.9 Å². The molecule has 2 bridgehead atoms. The van der Waals surface area contributed by atoms with Gasteiger partial charge in [-0.25, -0.2) is 0 Å². The lowest BCUT2D eigenvalue weighted by molar-refractivity contribution is -0.385. The SMILES string of the molecule is COc1ccc(C(=O)N[C@H](C)[C@H]2C[C@@H]3CC[C@@H]2C3)cc1[N+](=O)[O-]. The van der Waals surface area contributed by atoms with Crippen LogP contribution in [0.4, 0.5) is 5.69 Å². The molecule has 1 amide bonds. The highest BCUT2D eigenvalue weighted by molar-refractivity contribution is 5.95. The molecule has 6 nitrogen and oxygen atoms in total. The Morgan fingerprint density at radius 2 is 2.17 bits per heavy atom. The van der Waals surface area contributed by atoms with Crippen molar-refractivity contribution in [1.82, 2.24) is 5.32 Å². The monoisotopic (exact) mass is 318 g/mol. The number of nitrogens with one attached hydrogen (secondary N) is 1. The van der Waals surface area contributed by atoms with Gasteiger partial charge < -0.3 is 10.1 Å². The van der Waals surface area contributed by atoms with E-state index in [2.05, 4.69) is 5.32 Å². The van der Waals surface area contributed by atoms with Crippen LogP contribution in [-0.4, -0.2) is 24.0 Å². The lowest BCUT2D eigenvalue weighted by Gasteiger charge is -2.28. The highest BCUT2D eigenvalue weighted by Crippen LogP contribution is 2.49. The second-order valence-electron chi connectivity index (χ2n) is 6.74. The molecule has 0 aromatic heterocycles. The Hall–Kier alpha value is -2.11. The Balaban J connectivity index is 1.70. The molecule has 0 heterocycles. The van der Waals surface area contributed by atoms with Gasteiger partial charge in [0.2, 0.25) is 0 Å². The predicted molar refractivity (Wildman–Crippen MR) is 85.5 cm³/mol. The normalized spacial score (nSPS) is 26.8. The fraction of sp³-hybridized carbons (Fsp3) is 0.588. The van der Waals surface area contributed by atoms with Crippen molar-refractivity contribution in [3.8, 4) is 5.75 Å². The smallest absolute Gasteiger partial charge is 0.311 e. The van der Waals surface area contributed by atoms with E-state index in [0.717, 1.165) is 11.8 Å². The largest absolute Gasteiger partial charge is 0.490 e. The molecule has 1 aromatic rings. The van der Waals surface area contributed by atoms with Gasteiger partial charge in [-0.3, -0.25) is 14.9 Å². The first-order chi connectivity index (χ1) is 11.0. The molecule has 0 spiro atoms. The molecule has 23 heavy (non-hydrogen) atoms. The van der Waals surface area contributed by atoms with Gasteiger partial charge in [-0.15, -0.1) is 0 Å². The minimum absolute atomic E-state index is 0.0963. The van der Waals surface area contributed by atoms with E-state index in [-0.39, 0.29) is 23.4 Å². The first kappa shape index (κ1) is 15.8. The van der Waals surface area contributed by atoms with Gasteiger partial charge in [0.05, 0.1) is 12.0 Å². The molecule has 1 N–H and O–H groups in total. The highest BCUT2D eigenvalue weighted by Gasteiger charge is 2.42. The summed E-state index contributed by atoms with van der Waals surface area (Å²) < 4.78 is 4.96. The number of hydrogen-bond acceptors (Lipinski definition) is 4. The van der Waals surface area contributed by atoms with Crippen molar-refractivity contribution >= 4 is 11.6 Å². The van der Waals surface area contributed by atoms with E-state index in [1.807, 2.05) is 6.92 Å². The molecule has 2 aliphatic carbocycles. The van der Waals surface area contributed by atoms with Gasteiger partial charge >= 0.3 is 5.69 Å². The summed E-state index contributed by atoms with van der Waals surface area (Å²) in [6.45, 7) is 2.04. The number of hydrogen-bond donors (Lipinski definition) is 1. The number of benzene rings is 1. The number of fused-ring (bicyclic) bond motifs is 2. The summed E-state index contributed by atoms with van der Waals surface area (Å²) >= 11 is 0. The summed E-state index contributed by atoms with van der Waals surface area (Å²) in [5, 5.41) is 14.1. The summed E-state index contributed by atoms with van der Waals surface area (Å²) in [6, 6.07) is 4.41. The average Bonchev–Trinajstić information content (AvgIpc) is 3.17. The van der Waals surface area contributed by atoms with Crippen molar-refractivity contribution in [3.05, 3.63) is 33.9 Å². The average molecular weight is 318 g/mol. The van der Waals surface area contributed by atoms with Crippen LogP contribution in [0.15, 0.2) is 18.2 Å². The fourth-order valence-electron chi connectivity index (χ4n) is 4.28. The first-order valence-corrected chi connectivity index (χ1v) is 8.13. The minimum atomic E-state index is -0.533. The van der Waals surface area contributed by atoms with E-state index in [0.29, 0.717) is 11.5 Å². The number of nitro groups is 1. The molecule has 124 valence electrons. The maximum atomic E-state index is 12.4. The minimum Gasteiger partial charge on any atom is -0.490 e. The molecule has 1 aromatic carbocycles. The van der Waals surface area contributed by atoms with Crippen LogP contribution in [0.1, 0.15) is 43.0 Å². The number of amides is 1. The Bertz CT molecular complexity index is 631. The number of nitro benzene ring substituents is 1. The highest BCUT2D eigenvalue weighted by atomic mass is 16.6. The van der Waals surface area contributed by atoms with Gasteiger partial charge in [0.15, 0.2) is 5.75 Å². The van der Waals surface area contributed by atoms with Gasteiger partial charge in [0.25, 0.3) is 5.91 Å². The standard InChI is InChI=1S/C17H22N2O4/c1-10(14-8-11-3-4-12(14)7-11)18-17(20)13-5-6-16(23-2)15(9-13)19(21)22/h5-6,9-12,14H,3-4,7-8H2,1-2H3,(H,18,20)/t10-,11-,12-,14-/m1/s1. The number of carbonyl (C=O) groups excluding carboxylic acids is 1. The molecular formula is C17H22N2O4. The van der Waals surface area contributed by atoms with E-state index in [1.54, 1.807) is 6.07 Å². The topological polar surface area (TPSA) is 81.5 Å². The molecule has 3 rings (SSSR count). The van der Waals surface area contributed by atoms with Crippen LogP contribution in [0.2, 0.25) is 0 Å². The second-order valence-corrected chi connectivity index (χ2v) is 6.74. The molecule has 2 fully saturated rings. The van der Waals surface area contributed by atoms with Gasteiger partial charge in [0.1, 0.15) is 0 Å². The molecule has 6 heteroatoms. The lowest BCUT2D eigenvalue weighted by atomic mass is 9.84. The van der Waals surface area contributed by atoms with E-state index in [9.17, 15) is 14.9 Å². The number of nitrogens with zero attached hydrogens (tertiary/aromatic N) is 1. The third kappa shape index (κ3) is 3.02. The molecule has 4 atom stereocenters. The van der Waals surface area contributed by atoms with Crippen LogP contribution < -0.4 is 10.1 Å². The third-order valence-corrected chi connectivity index (χ3v) is 5.43. The molecule has 2 aliphatic rings. The van der Waals surface area contributed by atoms with Crippen molar-refractivity contribution < 1.29 is 14.5 Å². The van der Waals surface area contributed by atoms with Crippen LogP contribution in [0.3, 0.4) is 0 Å². The van der Waals surface area contributed by atoms with Gasteiger partial charge in [-0.2, -0.15) is 0 Å². The maximum Gasteiger partial charge on any atom is 0.311 e. The van der Waals surface area contributed by atoms with Crippen molar-refractivity contribution in [1.29, 1.82) is 0 Å². The van der Waals surface area contributed by atoms with Crippen molar-refractivity contribution in [2.24, 2.45) is 17.8 Å². The van der Waals surface area contributed by atoms with Crippen LogP contribution >= 0.6 is 0 Å². The van der Waals surface area contributed by atoms with Crippen molar-refractivity contribution in [2.45, 2.75) is 38.6 Å². The van der Waals surface area contributed by atoms with Gasteiger partial charge in [0, 0.05) is 17.7 Å². The molecule has 0 radical (unpaired) electrons. The number of rotatable bonds is 5. The molecule has 0 unspecified atom stereocenters. The van der Waals surface area contributed by atoms with Gasteiger partial charge in [-0.05, 0) is 56.1 Å².